The second-order valence-corrected chi connectivity index (χ2v) is 6.97. The molecular weight excluding hydrogens is 394 g/mol. The minimum atomic E-state index is -2.68. The molecule has 2 N–H and O–H groups in total. The van der Waals surface area contributed by atoms with Gasteiger partial charge in [-0.05, 0) is 31.9 Å². The fourth-order valence-corrected chi connectivity index (χ4v) is 3.14. The van der Waals surface area contributed by atoms with E-state index in [2.05, 4.69) is 25.7 Å². The number of anilines is 2. The number of nitrogens with zero attached hydrogens (tertiary/aromatic N) is 5. The van der Waals surface area contributed by atoms with E-state index >= 15 is 0 Å². The Morgan fingerprint density at radius 2 is 2.14 bits per heavy atom. The Kier molecular flexibility index (Phi) is 4.15. The van der Waals surface area contributed by atoms with Gasteiger partial charge in [0, 0.05) is 22.7 Å². The molecule has 1 amide bonds. The number of ether oxygens (including phenoxy) is 1. The Bertz CT molecular complexity index is 1180. The van der Waals surface area contributed by atoms with Gasteiger partial charge in [-0.3, -0.25) is 4.79 Å². The van der Waals surface area contributed by atoms with Gasteiger partial charge in [0.1, 0.15) is 5.69 Å². The molecule has 0 radical (unpaired) electrons. The molecular formula is C19H20ClN7O2. The summed E-state index contributed by atoms with van der Waals surface area (Å²) >= 11 is 5.97. The molecule has 0 atom stereocenters. The van der Waals surface area contributed by atoms with Gasteiger partial charge in [0.2, 0.25) is 0 Å². The van der Waals surface area contributed by atoms with Crippen LogP contribution in [0.1, 0.15) is 39.2 Å². The highest BCUT2D eigenvalue weighted by molar-refractivity contribution is 6.29. The Labute approximate surface area is 176 Å². The van der Waals surface area contributed by atoms with E-state index in [1.54, 1.807) is 16.9 Å². The highest BCUT2D eigenvalue weighted by Gasteiger charge is 2.28. The number of benzene rings is 1. The summed E-state index contributed by atoms with van der Waals surface area (Å²) in [5.74, 6) is -0.455. The van der Waals surface area contributed by atoms with Gasteiger partial charge >= 0.3 is 0 Å². The molecule has 10 heteroatoms. The quantitative estimate of drug-likeness (QED) is 0.635. The van der Waals surface area contributed by atoms with Crippen LogP contribution in [0.2, 0.25) is 5.15 Å². The molecule has 29 heavy (non-hydrogen) atoms. The first-order chi connectivity index (χ1) is 15.2. The number of aromatic nitrogens is 5. The largest absolute Gasteiger partial charge is 0.494 e. The van der Waals surface area contributed by atoms with Crippen LogP contribution in [0.15, 0.2) is 24.3 Å². The highest BCUT2D eigenvalue weighted by atomic mass is 35.5. The Hall–Kier alpha value is -3.20. The predicted octanol–water partition coefficient (Wildman–Crippen LogP) is 3.14. The average molecular weight is 417 g/mol. The number of methoxy groups -OCH3 is 1. The maximum atomic E-state index is 12.4. The van der Waals surface area contributed by atoms with E-state index < -0.39 is 12.9 Å². The summed E-state index contributed by atoms with van der Waals surface area (Å²) in [4.78, 5) is 14.2. The maximum Gasteiger partial charge on any atom is 0.273 e. The third-order valence-corrected chi connectivity index (χ3v) is 4.69. The zero-order chi connectivity index (χ0) is 23.0. The minimum Gasteiger partial charge on any atom is -0.494 e. The molecule has 1 aliphatic carbocycles. The highest BCUT2D eigenvalue weighted by Crippen LogP contribution is 2.40. The smallest absolute Gasteiger partial charge is 0.273 e. The molecule has 1 aliphatic rings. The van der Waals surface area contributed by atoms with Gasteiger partial charge in [-0.25, -0.2) is 0 Å². The number of nitrogens with one attached hydrogen (secondary N) is 2. The molecule has 0 spiro atoms. The standard InChI is InChI=1S/C19H20ClN7O2/c1-10-16(26-27(25-10)11-7-8-11)12-5-4-6-13(18(12)29-3)22-14-9-15(20)23-24-17(14)19(28)21-2/h4-6,9,11H,7-8H2,1-3H3,(H,21,28)(H,22,23)/i2D3. The lowest BCUT2D eigenvalue weighted by Gasteiger charge is -2.15. The van der Waals surface area contributed by atoms with E-state index in [4.69, 9.17) is 20.5 Å². The topological polar surface area (TPSA) is 107 Å². The van der Waals surface area contributed by atoms with Gasteiger partial charge in [-0.1, -0.05) is 17.7 Å². The van der Waals surface area contributed by atoms with Crippen LogP contribution < -0.4 is 15.4 Å². The molecule has 9 nitrogen and oxygen atoms in total. The van der Waals surface area contributed by atoms with E-state index in [0.29, 0.717) is 28.7 Å². The average Bonchev–Trinajstić information content (AvgIpc) is 3.48. The van der Waals surface area contributed by atoms with Crippen molar-refractivity contribution in [1.82, 2.24) is 30.5 Å². The van der Waals surface area contributed by atoms with Gasteiger partial charge < -0.3 is 15.4 Å². The van der Waals surface area contributed by atoms with Crippen LogP contribution in [0.5, 0.6) is 5.75 Å². The van der Waals surface area contributed by atoms with E-state index in [-0.39, 0.29) is 16.5 Å². The molecule has 2 aromatic heterocycles. The molecule has 1 fully saturated rings. The molecule has 0 saturated heterocycles. The van der Waals surface area contributed by atoms with Crippen LogP contribution in [0.3, 0.4) is 0 Å². The molecule has 1 aromatic carbocycles. The first-order valence-electron chi connectivity index (χ1n) is 10.4. The second-order valence-electron chi connectivity index (χ2n) is 6.58. The maximum absolute atomic E-state index is 12.4. The second kappa shape index (κ2) is 7.67. The summed E-state index contributed by atoms with van der Waals surface area (Å²) < 4.78 is 27.4. The van der Waals surface area contributed by atoms with Crippen molar-refractivity contribution in [2.24, 2.45) is 0 Å². The molecule has 0 aliphatic heterocycles. The SMILES string of the molecule is [2H]C([2H])([2H])NC(=O)c1nnc(Cl)cc1Nc1cccc(-c2nn(C3CC3)nc2C)c1OC. The van der Waals surface area contributed by atoms with Crippen molar-refractivity contribution in [2.75, 3.05) is 19.4 Å². The summed E-state index contributed by atoms with van der Waals surface area (Å²) in [5, 5.41) is 21.5. The van der Waals surface area contributed by atoms with Crippen molar-refractivity contribution in [3.8, 4) is 17.0 Å². The molecule has 3 aromatic rings. The van der Waals surface area contributed by atoms with Crippen LogP contribution in [0.4, 0.5) is 11.4 Å². The number of hydrogen-bond acceptors (Lipinski definition) is 7. The van der Waals surface area contributed by atoms with E-state index in [1.165, 1.54) is 13.2 Å². The third kappa shape index (κ3) is 3.73. The minimum absolute atomic E-state index is 0.0243. The normalized spacial score (nSPS) is 15.2. The molecule has 2 heterocycles. The first-order valence-corrected chi connectivity index (χ1v) is 9.27. The molecule has 1 saturated carbocycles. The van der Waals surface area contributed by atoms with Crippen LogP contribution in [0.25, 0.3) is 11.3 Å². The molecule has 4 rings (SSSR count). The summed E-state index contributed by atoms with van der Waals surface area (Å²) in [6.45, 7) is -0.803. The monoisotopic (exact) mass is 416 g/mol. The van der Waals surface area contributed by atoms with E-state index in [0.717, 1.165) is 18.5 Å². The fraction of sp³-hybridized carbons (Fsp3) is 0.316. The van der Waals surface area contributed by atoms with Crippen LogP contribution in [-0.2, 0) is 0 Å². The molecule has 150 valence electrons. The Morgan fingerprint density at radius 3 is 2.86 bits per heavy atom. The number of rotatable bonds is 6. The zero-order valence-electron chi connectivity index (χ0n) is 18.7. The molecule has 0 unspecified atom stereocenters. The predicted molar refractivity (Wildman–Crippen MR) is 109 cm³/mol. The number of carbonyl (C=O) groups excluding carboxylic acids is 1. The van der Waals surface area contributed by atoms with Gasteiger partial charge in [0.25, 0.3) is 5.91 Å². The Balaban J connectivity index is 1.72. The fourth-order valence-electron chi connectivity index (χ4n) is 2.99. The number of para-hydroxylation sites is 1. The van der Waals surface area contributed by atoms with Crippen molar-refractivity contribution in [1.29, 1.82) is 0 Å². The van der Waals surface area contributed by atoms with Crippen LogP contribution in [-0.4, -0.2) is 45.2 Å². The first kappa shape index (κ1) is 15.7. The van der Waals surface area contributed by atoms with Crippen molar-refractivity contribution in [3.05, 3.63) is 40.8 Å². The summed E-state index contributed by atoms with van der Waals surface area (Å²) in [6.07, 6.45) is 2.12. The Morgan fingerprint density at radius 1 is 1.31 bits per heavy atom. The summed E-state index contributed by atoms with van der Waals surface area (Å²) in [7, 11) is 1.52. The lowest BCUT2D eigenvalue weighted by molar-refractivity contribution is 0.0958. The number of aryl methyl sites for hydroxylation is 1. The third-order valence-electron chi connectivity index (χ3n) is 4.51. The number of halogens is 1. The molecule has 0 bridgehead atoms. The van der Waals surface area contributed by atoms with Crippen molar-refractivity contribution in [3.63, 3.8) is 0 Å². The van der Waals surface area contributed by atoms with Crippen LogP contribution in [0, 0.1) is 6.92 Å². The van der Waals surface area contributed by atoms with Gasteiger partial charge in [0.15, 0.2) is 16.6 Å². The summed E-state index contributed by atoms with van der Waals surface area (Å²) in [6, 6.07) is 7.11. The van der Waals surface area contributed by atoms with Gasteiger partial charge in [-0.15, -0.1) is 10.2 Å². The van der Waals surface area contributed by atoms with Gasteiger partial charge in [-0.2, -0.15) is 15.0 Å². The summed E-state index contributed by atoms with van der Waals surface area (Å²) in [5.41, 5.74) is 2.60. The lowest BCUT2D eigenvalue weighted by Crippen LogP contribution is -2.21. The van der Waals surface area contributed by atoms with Crippen LogP contribution >= 0.6 is 11.6 Å². The van der Waals surface area contributed by atoms with E-state index in [9.17, 15) is 4.79 Å². The van der Waals surface area contributed by atoms with E-state index in [1.807, 2.05) is 18.3 Å². The van der Waals surface area contributed by atoms with Gasteiger partial charge in [0.05, 0.1) is 30.2 Å². The number of carbonyl (C=O) groups is 1. The van der Waals surface area contributed by atoms with Crippen molar-refractivity contribution < 1.29 is 13.6 Å². The lowest BCUT2D eigenvalue weighted by atomic mass is 10.1. The number of hydrogen-bond donors (Lipinski definition) is 2. The number of amides is 1. The zero-order valence-corrected chi connectivity index (χ0v) is 16.5. The van der Waals surface area contributed by atoms with Crippen molar-refractivity contribution in [2.45, 2.75) is 25.8 Å². The van der Waals surface area contributed by atoms with Crippen molar-refractivity contribution >= 4 is 28.9 Å².